The summed E-state index contributed by atoms with van der Waals surface area (Å²) in [5, 5.41) is 9.50. The van der Waals surface area contributed by atoms with Gasteiger partial charge >= 0.3 is 17.9 Å². The normalized spacial score (nSPS) is 16.9. The monoisotopic (exact) mass is 410 g/mol. The van der Waals surface area contributed by atoms with Gasteiger partial charge in [-0.1, -0.05) is 48.5 Å². The third kappa shape index (κ3) is 4.22. The molecule has 0 aliphatic heterocycles. The predicted octanol–water partition coefficient (Wildman–Crippen LogP) is 3.97. The van der Waals surface area contributed by atoms with Gasteiger partial charge in [-0.05, 0) is 54.9 Å². The van der Waals surface area contributed by atoms with Gasteiger partial charge < -0.3 is 14.6 Å². The van der Waals surface area contributed by atoms with E-state index in [0.29, 0.717) is 0 Å². The fourth-order valence-electron chi connectivity index (χ4n) is 4.20. The van der Waals surface area contributed by atoms with Crippen molar-refractivity contribution in [2.24, 2.45) is 5.41 Å². The average Bonchev–Trinajstić information content (AvgIpc) is 2.73. The van der Waals surface area contributed by atoms with Crippen molar-refractivity contribution in [2.45, 2.75) is 39.0 Å². The summed E-state index contributed by atoms with van der Waals surface area (Å²) >= 11 is 0. The number of ether oxygens (including phenoxy) is 2. The minimum absolute atomic E-state index is 0.0439. The van der Waals surface area contributed by atoms with Crippen molar-refractivity contribution >= 4 is 17.9 Å². The highest BCUT2D eigenvalue weighted by Crippen LogP contribution is 2.46. The van der Waals surface area contributed by atoms with Crippen LogP contribution in [0, 0.1) is 5.41 Å². The number of carboxylic acid groups (broad SMARTS) is 1. The lowest BCUT2D eigenvalue weighted by atomic mass is 9.65. The van der Waals surface area contributed by atoms with Crippen LogP contribution in [-0.4, -0.2) is 36.2 Å². The summed E-state index contributed by atoms with van der Waals surface area (Å²) in [5.74, 6) is -2.81. The summed E-state index contributed by atoms with van der Waals surface area (Å²) in [4.78, 5) is 37.4. The summed E-state index contributed by atoms with van der Waals surface area (Å²) in [5.41, 5.74) is 2.07. The number of carbonyl (C=O) groups is 3. The number of esters is 2. The van der Waals surface area contributed by atoms with Crippen molar-refractivity contribution < 1.29 is 29.0 Å². The molecule has 2 aromatic rings. The molecule has 6 heteroatoms. The van der Waals surface area contributed by atoms with Gasteiger partial charge in [-0.15, -0.1) is 0 Å². The van der Waals surface area contributed by atoms with Gasteiger partial charge in [0.1, 0.15) is 0 Å². The van der Waals surface area contributed by atoms with E-state index in [4.69, 9.17) is 9.47 Å². The van der Waals surface area contributed by atoms with Crippen molar-refractivity contribution in [3.8, 4) is 11.1 Å². The molecule has 0 amide bonds. The number of rotatable bonds is 7. The number of hydrogen-bond acceptors (Lipinski definition) is 5. The van der Waals surface area contributed by atoms with E-state index >= 15 is 0 Å². The first-order valence-electron chi connectivity index (χ1n) is 10.2. The molecule has 1 N–H and O–H groups in total. The third-order valence-corrected chi connectivity index (χ3v) is 5.53. The smallest absolute Gasteiger partial charge is 0.323 e. The van der Waals surface area contributed by atoms with E-state index in [-0.39, 0.29) is 32.5 Å². The number of hydrogen-bond donors (Lipinski definition) is 1. The molecular formula is C24H26O6. The van der Waals surface area contributed by atoms with Crippen molar-refractivity contribution in [3.05, 3.63) is 59.7 Å². The van der Waals surface area contributed by atoms with E-state index < -0.39 is 29.2 Å². The molecule has 2 aromatic carbocycles. The standard InChI is InChI=1S/C24H26O6/c1-3-29-22(27)24(23(28)30-4-2)14-18-11-10-17(16-8-6-5-7-9-16)12-20(18)19(15-24)13-21(25)26/h5-12,19H,3-4,13-15H2,1-2H3,(H,25,26). The number of carbonyl (C=O) groups excluding carboxylic acids is 2. The average molecular weight is 410 g/mol. The molecule has 0 aromatic heterocycles. The number of benzene rings is 2. The lowest BCUT2D eigenvalue weighted by molar-refractivity contribution is -0.174. The zero-order chi connectivity index (χ0) is 21.7. The second-order valence-corrected chi connectivity index (χ2v) is 7.48. The van der Waals surface area contributed by atoms with E-state index in [1.807, 2.05) is 48.5 Å². The van der Waals surface area contributed by atoms with E-state index in [9.17, 15) is 19.5 Å². The SMILES string of the molecule is CCOC(=O)C1(C(=O)OCC)Cc2ccc(-c3ccccc3)cc2C(CC(=O)O)C1. The fourth-order valence-corrected chi connectivity index (χ4v) is 4.20. The van der Waals surface area contributed by atoms with Gasteiger partial charge in [-0.3, -0.25) is 14.4 Å². The van der Waals surface area contributed by atoms with Crippen LogP contribution in [0.15, 0.2) is 48.5 Å². The predicted molar refractivity (Wildman–Crippen MR) is 111 cm³/mol. The molecule has 0 radical (unpaired) electrons. The van der Waals surface area contributed by atoms with Gasteiger partial charge in [0.25, 0.3) is 0 Å². The van der Waals surface area contributed by atoms with Crippen LogP contribution in [0.5, 0.6) is 0 Å². The quantitative estimate of drug-likeness (QED) is 0.549. The molecule has 1 aliphatic rings. The van der Waals surface area contributed by atoms with Crippen LogP contribution < -0.4 is 0 Å². The summed E-state index contributed by atoms with van der Waals surface area (Å²) < 4.78 is 10.5. The summed E-state index contributed by atoms with van der Waals surface area (Å²) in [6, 6.07) is 15.6. The summed E-state index contributed by atoms with van der Waals surface area (Å²) in [7, 11) is 0. The lowest BCUT2D eigenvalue weighted by Crippen LogP contribution is -2.47. The molecule has 0 fully saturated rings. The molecule has 0 heterocycles. The number of fused-ring (bicyclic) bond motifs is 1. The Morgan fingerprint density at radius 2 is 1.60 bits per heavy atom. The van der Waals surface area contributed by atoms with Gasteiger partial charge in [0.15, 0.2) is 5.41 Å². The molecule has 3 rings (SSSR count). The first-order chi connectivity index (χ1) is 14.4. The molecule has 0 saturated heterocycles. The Kier molecular flexibility index (Phi) is 6.55. The van der Waals surface area contributed by atoms with Crippen LogP contribution in [0.4, 0.5) is 0 Å². The van der Waals surface area contributed by atoms with E-state index in [1.165, 1.54) is 0 Å². The van der Waals surface area contributed by atoms with Gasteiger partial charge in [0.05, 0.1) is 19.6 Å². The van der Waals surface area contributed by atoms with Crippen molar-refractivity contribution in [3.63, 3.8) is 0 Å². The lowest BCUT2D eigenvalue weighted by Gasteiger charge is -2.38. The highest BCUT2D eigenvalue weighted by molar-refractivity contribution is 6.01. The van der Waals surface area contributed by atoms with Crippen molar-refractivity contribution in [2.75, 3.05) is 13.2 Å². The molecule has 6 nitrogen and oxygen atoms in total. The maximum Gasteiger partial charge on any atom is 0.323 e. The Morgan fingerprint density at radius 1 is 0.967 bits per heavy atom. The van der Waals surface area contributed by atoms with Gasteiger partial charge in [-0.25, -0.2) is 0 Å². The van der Waals surface area contributed by atoms with Crippen LogP contribution in [0.3, 0.4) is 0 Å². The van der Waals surface area contributed by atoms with E-state index in [1.54, 1.807) is 13.8 Å². The number of carboxylic acids is 1. The maximum atomic E-state index is 12.9. The molecule has 1 aliphatic carbocycles. The highest BCUT2D eigenvalue weighted by atomic mass is 16.6. The van der Waals surface area contributed by atoms with Crippen LogP contribution in [0.1, 0.15) is 43.7 Å². The first-order valence-corrected chi connectivity index (χ1v) is 10.2. The molecule has 0 spiro atoms. The maximum absolute atomic E-state index is 12.9. The fraction of sp³-hybridized carbons (Fsp3) is 0.375. The Labute approximate surface area is 175 Å². The number of aliphatic carboxylic acids is 1. The largest absolute Gasteiger partial charge is 0.481 e. The summed E-state index contributed by atoms with van der Waals surface area (Å²) in [6.07, 6.45) is -0.0147. The molecule has 1 atom stereocenters. The Hall–Kier alpha value is -3.15. The van der Waals surface area contributed by atoms with Crippen molar-refractivity contribution in [1.82, 2.24) is 0 Å². The van der Waals surface area contributed by atoms with E-state index in [0.717, 1.165) is 22.3 Å². The van der Waals surface area contributed by atoms with Gasteiger partial charge in [0.2, 0.25) is 0 Å². The zero-order valence-electron chi connectivity index (χ0n) is 17.2. The minimum Gasteiger partial charge on any atom is -0.481 e. The molecular weight excluding hydrogens is 384 g/mol. The second-order valence-electron chi connectivity index (χ2n) is 7.48. The first kappa shape index (κ1) is 21.6. The second kappa shape index (κ2) is 9.11. The Balaban J connectivity index is 2.10. The van der Waals surface area contributed by atoms with Gasteiger partial charge in [0, 0.05) is 0 Å². The minimum atomic E-state index is -1.53. The topological polar surface area (TPSA) is 89.9 Å². The van der Waals surface area contributed by atoms with Crippen LogP contribution >= 0.6 is 0 Å². The van der Waals surface area contributed by atoms with E-state index in [2.05, 4.69) is 0 Å². The molecule has 158 valence electrons. The van der Waals surface area contributed by atoms with Crippen LogP contribution in [0.25, 0.3) is 11.1 Å². The molecule has 1 unspecified atom stereocenters. The van der Waals surface area contributed by atoms with Gasteiger partial charge in [-0.2, -0.15) is 0 Å². The van der Waals surface area contributed by atoms with Crippen LogP contribution in [0.2, 0.25) is 0 Å². The Morgan fingerprint density at radius 3 is 2.17 bits per heavy atom. The highest BCUT2D eigenvalue weighted by Gasteiger charge is 2.53. The zero-order valence-corrected chi connectivity index (χ0v) is 17.2. The summed E-state index contributed by atoms with van der Waals surface area (Å²) in [6.45, 7) is 3.61. The third-order valence-electron chi connectivity index (χ3n) is 5.53. The van der Waals surface area contributed by atoms with Crippen molar-refractivity contribution in [1.29, 1.82) is 0 Å². The molecule has 0 bridgehead atoms. The molecule has 0 saturated carbocycles. The molecule has 30 heavy (non-hydrogen) atoms. The van der Waals surface area contributed by atoms with Crippen LogP contribution in [-0.2, 0) is 30.3 Å². The Bertz CT molecular complexity index is 916.